The molecule has 0 bridgehead atoms. The normalized spacial score (nSPS) is 12.6. The van der Waals surface area contributed by atoms with Gasteiger partial charge in [0.2, 0.25) is 21.8 Å². The highest BCUT2D eigenvalue weighted by atomic mass is 35.5. The van der Waals surface area contributed by atoms with E-state index in [-0.39, 0.29) is 23.3 Å². The Morgan fingerprint density at radius 2 is 1.65 bits per heavy atom. The van der Waals surface area contributed by atoms with E-state index < -0.39 is 22.0 Å². The third kappa shape index (κ3) is 7.82. The van der Waals surface area contributed by atoms with Crippen LogP contribution < -0.4 is 5.32 Å². The molecule has 1 unspecified atom stereocenters. The summed E-state index contributed by atoms with van der Waals surface area (Å²) in [5.74, 6) is -0.395. The van der Waals surface area contributed by atoms with Crippen LogP contribution in [0.15, 0.2) is 59.5 Å². The maximum absolute atomic E-state index is 13.4. The van der Waals surface area contributed by atoms with E-state index in [1.807, 2.05) is 51.1 Å². The van der Waals surface area contributed by atoms with Gasteiger partial charge in [-0.15, -0.1) is 0 Å². The summed E-state index contributed by atoms with van der Waals surface area (Å²) in [5.41, 5.74) is 1.03. The second-order valence-electron chi connectivity index (χ2n) is 8.60. The van der Waals surface area contributed by atoms with Crippen molar-refractivity contribution in [2.24, 2.45) is 5.92 Å². The molecule has 2 aromatic carbocycles. The lowest BCUT2D eigenvalue weighted by Gasteiger charge is -2.32. The molecule has 1 atom stereocenters. The molecule has 0 fully saturated rings. The molecule has 7 nitrogen and oxygen atoms in total. The number of nitrogens with one attached hydrogen (secondary N) is 1. The van der Waals surface area contributed by atoms with Gasteiger partial charge < -0.3 is 10.2 Å². The highest BCUT2D eigenvalue weighted by Gasteiger charge is 2.31. The van der Waals surface area contributed by atoms with Gasteiger partial charge in [-0.1, -0.05) is 62.7 Å². The molecule has 0 aliphatic carbocycles. The molecule has 9 heteroatoms. The SMILES string of the molecule is CCC(C(=O)NCC(C)C)N(CCc1ccccc1)C(=O)CN(C)S(=O)(=O)c1ccc(Cl)cc1. The van der Waals surface area contributed by atoms with Gasteiger partial charge in [0, 0.05) is 25.2 Å². The van der Waals surface area contributed by atoms with Crippen LogP contribution in [-0.4, -0.2) is 62.2 Å². The van der Waals surface area contributed by atoms with Gasteiger partial charge >= 0.3 is 0 Å². The van der Waals surface area contributed by atoms with Gasteiger partial charge in [-0.2, -0.15) is 4.31 Å². The zero-order valence-corrected chi connectivity index (χ0v) is 21.8. The Hall–Kier alpha value is -2.42. The van der Waals surface area contributed by atoms with Crippen molar-refractivity contribution in [1.82, 2.24) is 14.5 Å². The predicted molar refractivity (Wildman–Crippen MR) is 135 cm³/mol. The molecule has 2 amide bonds. The third-order valence-electron chi connectivity index (χ3n) is 5.43. The van der Waals surface area contributed by atoms with E-state index in [0.29, 0.717) is 31.0 Å². The van der Waals surface area contributed by atoms with Crippen molar-refractivity contribution in [1.29, 1.82) is 0 Å². The van der Waals surface area contributed by atoms with E-state index in [9.17, 15) is 18.0 Å². The Labute approximate surface area is 208 Å². The molecule has 0 saturated carbocycles. The third-order valence-corrected chi connectivity index (χ3v) is 7.50. The molecule has 0 heterocycles. The Morgan fingerprint density at radius 1 is 1.03 bits per heavy atom. The number of amides is 2. The van der Waals surface area contributed by atoms with Gasteiger partial charge in [0.15, 0.2) is 0 Å². The molecular formula is C25H34ClN3O4S. The summed E-state index contributed by atoms with van der Waals surface area (Å²) >= 11 is 5.87. The van der Waals surface area contributed by atoms with E-state index in [1.165, 1.54) is 36.2 Å². The molecular weight excluding hydrogens is 474 g/mol. The number of rotatable bonds is 12. The standard InChI is InChI=1S/C25H34ClN3O4S/c1-5-23(25(31)27-17-19(2)3)29(16-15-20-9-7-6-8-10-20)24(30)18-28(4)34(32,33)22-13-11-21(26)12-14-22/h6-14,19,23H,5,15-18H2,1-4H3,(H,27,31). The van der Waals surface area contributed by atoms with Crippen LogP contribution in [0.4, 0.5) is 0 Å². The summed E-state index contributed by atoms with van der Waals surface area (Å²) in [4.78, 5) is 27.8. The number of hydrogen-bond acceptors (Lipinski definition) is 4. The van der Waals surface area contributed by atoms with E-state index in [1.54, 1.807) is 0 Å². The number of nitrogens with zero attached hydrogens (tertiary/aromatic N) is 2. The Balaban J connectivity index is 2.23. The van der Waals surface area contributed by atoms with Crippen molar-refractivity contribution in [3.05, 3.63) is 65.2 Å². The number of sulfonamides is 1. The fourth-order valence-electron chi connectivity index (χ4n) is 3.47. The summed E-state index contributed by atoms with van der Waals surface area (Å²) in [6, 6.07) is 14.8. The number of carbonyl (C=O) groups is 2. The van der Waals surface area contributed by atoms with Crippen LogP contribution in [0.3, 0.4) is 0 Å². The van der Waals surface area contributed by atoms with Crippen LogP contribution in [0.25, 0.3) is 0 Å². The van der Waals surface area contributed by atoms with Crippen molar-refractivity contribution in [2.75, 3.05) is 26.7 Å². The van der Waals surface area contributed by atoms with Gasteiger partial charge in [-0.25, -0.2) is 8.42 Å². The lowest BCUT2D eigenvalue weighted by molar-refractivity contribution is -0.140. The van der Waals surface area contributed by atoms with Crippen LogP contribution in [0.2, 0.25) is 5.02 Å². The summed E-state index contributed by atoms with van der Waals surface area (Å²) in [6.07, 6.45) is 0.965. The number of benzene rings is 2. The fourth-order valence-corrected chi connectivity index (χ4v) is 4.72. The minimum absolute atomic E-state index is 0.0461. The van der Waals surface area contributed by atoms with Crippen LogP contribution in [-0.2, 0) is 26.0 Å². The molecule has 1 N–H and O–H groups in total. The molecule has 0 spiro atoms. The highest BCUT2D eigenvalue weighted by Crippen LogP contribution is 2.18. The predicted octanol–water partition coefficient (Wildman–Crippen LogP) is 3.58. The van der Waals surface area contributed by atoms with E-state index in [0.717, 1.165) is 9.87 Å². The van der Waals surface area contributed by atoms with Crippen LogP contribution >= 0.6 is 11.6 Å². The number of halogens is 1. The van der Waals surface area contributed by atoms with Gasteiger partial charge in [0.05, 0.1) is 11.4 Å². The smallest absolute Gasteiger partial charge is 0.243 e. The van der Waals surface area contributed by atoms with Gasteiger partial charge in [0.25, 0.3) is 0 Å². The van der Waals surface area contributed by atoms with Crippen molar-refractivity contribution >= 4 is 33.4 Å². The summed E-state index contributed by atoms with van der Waals surface area (Å²) < 4.78 is 26.9. The first kappa shape index (κ1) is 27.8. The van der Waals surface area contributed by atoms with E-state index >= 15 is 0 Å². The summed E-state index contributed by atoms with van der Waals surface area (Å²) in [5, 5.41) is 3.32. The van der Waals surface area contributed by atoms with Crippen LogP contribution in [0, 0.1) is 5.92 Å². The number of likely N-dealkylation sites (N-methyl/N-ethyl adjacent to an activating group) is 1. The average molecular weight is 508 g/mol. The molecule has 186 valence electrons. The maximum Gasteiger partial charge on any atom is 0.243 e. The fraction of sp³-hybridized carbons (Fsp3) is 0.440. The Kier molecular flexibility index (Phi) is 10.5. The van der Waals surface area contributed by atoms with Crippen molar-refractivity contribution in [3.8, 4) is 0 Å². The van der Waals surface area contributed by atoms with Gasteiger partial charge in [-0.05, 0) is 48.6 Å². The zero-order valence-electron chi connectivity index (χ0n) is 20.2. The number of carbonyl (C=O) groups excluding carboxylic acids is 2. The van der Waals surface area contributed by atoms with E-state index in [2.05, 4.69) is 5.32 Å². The molecule has 0 radical (unpaired) electrons. The molecule has 0 saturated heterocycles. The van der Waals surface area contributed by atoms with Crippen LogP contribution in [0.5, 0.6) is 0 Å². The Morgan fingerprint density at radius 3 is 2.21 bits per heavy atom. The molecule has 2 aromatic rings. The minimum Gasteiger partial charge on any atom is -0.354 e. The lowest BCUT2D eigenvalue weighted by Crippen LogP contribution is -2.53. The first-order valence-corrected chi connectivity index (χ1v) is 13.2. The molecule has 0 aliphatic heterocycles. The lowest BCUT2D eigenvalue weighted by atomic mass is 10.1. The second kappa shape index (κ2) is 12.9. The summed E-state index contributed by atoms with van der Waals surface area (Å²) in [7, 11) is -2.54. The molecule has 2 rings (SSSR count). The molecule has 0 aromatic heterocycles. The number of hydrogen-bond donors (Lipinski definition) is 1. The Bertz CT molecular complexity index is 1040. The second-order valence-corrected chi connectivity index (χ2v) is 11.1. The zero-order chi connectivity index (χ0) is 25.3. The first-order valence-electron chi connectivity index (χ1n) is 11.4. The topological polar surface area (TPSA) is 86.8 Å². The highest BCUT2D eigenvalue weighted by molar-refractivity contribution is 7.89. The van der Waals surface area contributed by atoms with Crippen molar-refractivity contribution < 1.29 is 18.0 Å². The van der Waals surface area contributed by atoms with Gasteiger partial charge in [-0.3, -0.25) is 9.59 Å². The minimum atomic E-state index is -3.90. The molecule has 34 heavy (non-hydrogen) atoms. The first-order chi connectivity index (χ1) is 16.1. The van der Waals surface area contributed by atoms with Crippen LogP contribution in [0.1, 0.15) is 32.8 Å². The van der Waals surface area contributed by atoms with Crippen molar-refractivity contribution in [3.63, 3.8) is 0 Å². The monoisotopic (exact) mass is 507 g/mol. The molecule has 0 aliphatic rings. The quantitative estimate of drug-likeness (QED) is 0.475. The maximum atomic E-state index is 13.4. The van der Waals surface area contributed by atoms with Gasteiger partial charge in [0.1, 0.15) is 6.04 Å². The average Bonchev–Trinajstić information content (AvgIpc) is 2.81. The summed E-state index contributed by atoms with van der Waals surface area (Å²) in [6.45, 7) is 6.25. The largest absolute Gasteiger partial charge is 0.354 e. The van der Waals surface area contributed by atoms with E-state index in [4.69, 9.17) is 11.6 Å². The van der Waals surface area contributed by atoms with Crippen molar-refractivity contribution in [2.45, 2.75) is 44.6 Å².